The van der Waals surface area contributed by atoms with E-state index in [0.717, 1.165) is 19.3 Å². The molecule has 3 nitrogen and oxygen atoms in total. The molecule has 0 aliphatic heterocycles. The first-order valence-corrected chi connectivity index (χ1v) is 6.49. The number of carbonyl (C=O) groups is 1. The van der Waals surface area contributed by atoms with Crippen molar-refractivity contribution in [1.82, 2.24) is 5.32 Å². The zero-order valence-corrected chi connectivity index (χ0v) is 12.1. The van der Waals surface area contributed by atoms with Crippen LogP contribution in [0, 0.1) is 11.8 Å². The third-order valence-corrected chi connectivity index (χ3v) is 3.46. The van der Waals surface area contributed by atoms with E-state index in [-0.39, 0.29) is 29.8 Å². The van der Waals surface area contributed by atoms with Gasteiger partial charge in [-0.25, -0.2) is 0 Å². The van der Waals surface area contributed by atoms with E-state index in [1.54, 1.807) is 0 Å². The molecule has 0 spiro atoms. The Morgan fingerprint density at radius 3 is 2.35 bits per heavy atom. The van der Waals surface area contributed by atoms with E-state index in [4.69, 9.17) is 5.73 Å². The molecule has 0 aromatic heterocycles. The molecule has 0 aromatic rings. The zero-order chi connectivity index (χ0) is 12.2. The summed E-state index contributed by atoms with van der Waals surface area (Å²) >= 11 is 0. The molecule has 0 heterocycles. The summed E-state index contributed by atoms with van der Waals surface area (Å²) in [5.74, 6) is 1.00. The Bertz CT molecular complexity index is 240. The van der Waals surface area contributed by atoms with Gasteiger partial charge in [0.05, 0.1) is 0 Å². The van der Waals surface area contributed by atoms with Gasteiger partial charge in [-0.2, -0.15) is 0 Å². The molecule has 102 valence electrons. The second-order valence-corrected chi connectivity index (χ2v) is 5.83. The number of carbonyl (C=O) groups excluding carboxylic acids is 1. The number of amides is 1. The lowest BCUT2D eigenvalue weighted by Crippen LogP contribution is -2.53. The topological polar surface area (TPSA) is 55.1 Å². The number of hydrogen-bond acceptors (Lipinski definition) is 2. The summed E-state index contributed by atoms with van der Waals surface area (Å²) in [5.41, 5.74) is 5.56. The average molecular weight is 263 g/mol. The van der Waals surface area contributed by atoms with Crippen molar-refractivity contribution < 1.29 is 4.79 Å². The molecule has 0 aromatic carbocycles. The number of halogens is 1. The van der Waals surface area contributed by atoms with Gasteiger partial charge in [0.2, 0.25) is 5.91 Å². The van der Waals surface area contributed by atoms with Crippen LogP contribution in [0.4, 0.5) is 0 Å². The van der Waals surface area contributed by atoms with Crippen molar-refractivity contribution in [3.05, 3.63) is 0 Å². The third kappa shape index (κ3) is 5.26. The van der Waals surface area contributed by atoms with Crippen molar-refractivity contribution in [1.29, 1.82) is 0 Å². The van der Waals surface area contributed by atoms with E-state index < -0.39 is 0 Å². The lowest BCUT2D eigenvalue weighted by Gasteiger charge is -2.32. The minimum Gasteiger partial charge on any atom is -0.349 e. The molecule has 1 atom stereocenters. The molecule has 1 saturated carbocycles. The summed E-state index contributed by atoms with van der Waals surface area (Å²) in [7, 11) is 0. The molecular formula is C13H27ClN2O. The normalized spacial score (nSPS) is 19.8. The first-order chi connectivity index (χ1) is 7.47. The number of nitrogens with two attached hydrogens (primary N) is 1. The second-order valence-electron chi connectivity index (χ2n) is 5.83. The lowest BCUT2D eigenvalue weighted by molar-refractivity contribution is -0.126. The van der Waals surface area contributed by atoms with Gasteiger partial charge in [-0.1, -0.05) is 26.7 Å². The lowest BCUT2D eigenvalue weighted by atomic mass is 9.90. The molecule has 1 aliphatic carbocycles. The van der Waals surface area contributed by atoms with Crippen LogP contribution in [0.2, 0.25) is 0 Å². The van der Waals surface area contributed by atoms with E-state index in [9.17, 15) is 4.79 Å². The molecule has 1 unspecified atom stereocenters. The van der Waals surface area contributed by atoms with Crippen LogP contribution in [-0.2, 0) is 4.79 Å². The zero-order valence-electron chi connectivity index (χ0n) is 11.3. The fraction of sp³-hybridized carbons (Fsp3) is 0.923. The SMILES string of the molecule is CC(C)CC(C)(CN)NC(=O)C1CCCC1.Cl. The van der Waals surface area contributed by atoms with E-state index in [1.807, 2.05) is 0 Å². The monoisotopic (exact) mass is 262 g/mol. The summed E-state index contributed by atoms with van der Waals surface area (Å²) < 4.78 is 0. The number of nitrogens with one attached hydrogen (secondary N) is 1. The molecule has 1 fully saturated rings. The summed E-state index contributed by atoms with van der Waals surface area (Å²) in [6.45, 7) is 6.90. The number of hydrogen-bond donors (Lipinski definition) is 2. The molecule has 1 amide bonds. The second kappa shape index (κ2) is 7.22. The van der Waals surface area contributed by atoms with Gasteiger partial charge in [0.1, 0.15) is 0 Å². The fourth-order valence-electron chi connectivity index (χ4n) is 2.67. The highest BCUT2D eigenvalue weighted by molar-refractivity contribution is 5.85. The first kappa shape index (κ1) is 16.7. The molecule has 1 aliphatic rings. The Balaban J connectivity index is 0.00000256. The molecule has 17 heavy (non-hydrogen) atoms. The maximum atomic E-state index is 12.0. The highest BCUT2D eigenvalue weighted by atomic mass is 35.5. The Morgan fingerprint density at radius 2 is 1.94 bits per heavy atom. The Kier molecular flexibility index (Phi) is 7.10. The van der Waals surface area contributed by atoms with Gasteiger partial charge in [0, 0.05) is 18.0 Å². The minimum absolute atomic E-state index is 0. The molecule has 0 bridgehead atoms. The largest absolute Gasteiger partial charge is 0.349 e. The summed E-state index contributed by atoms with van der Waals surface area (Å²) in [5, 5.41) is 3.15. The van der Waals surface area contributed by atoms with Crippen LogP contribution in [0.25, 0.3) is 0 Å². The molecule has 0 saturated heterocycles. The van der Waals surface area contributed by atoms with Gasteiger partial charge in [-0.05, 0) is 32.1 Å². The molecule has 4 heteroatoms. The fourth-order valence-corrected chi connectivity index (χ4v) is 2.67. The molecular weight excluding hydrogens is 236 g/mol. The van der Waals surface area contributed by atoms with Gasteiger partial charge < -0.3 is 11.1 Å². The van der Waals surface area contributed by atoms with Crippen LogP contribution in [-0.4, -0.2) is 18.0 Å². The average Bonchev–Trinajstić information content (AvgIpc) is 2.69. The highest BCUT2D eigenvalue weighted by Gasteiger charge is 2.30. The predicted octanol–water partition coefficient (Wildman–Crippen LogP) is 2.48. The van der Waals surface area contributed by atoms with Crippen LogP contribution < -0.4 is 11.1 Å². The molecule has 3 N–H and O–H groups in total. The van der Waals surface area contributed by atoms with Crippen LogP contribution in [0.5, 0.6) is 0 Å². The Labute approximate surface area is 111 Å². The van der Waals surface area contributed by atoms with Gasteiger partial charge in [-0.3, -0.25) is 4.79 Å². The van der Waals surface area contributed by atoms with Crippen molar-refractivity contribution in [2.45, 2.75) is 58.4 Å². The molecule has 0 radical (unpaired) electrons. The summed E-state index contributed by atoms with van der Waals surface area (Å²) in [6, 6.07) is 0. The Morgan fingerprint density at radius 1 is 1.41 bits per heavy atom. The predicted molar refractivity (Wildman–Crippen MR) is 74.3 cm³/mol. The van der Waals surface area contributed by atoms with Gasteiger partial charge >= 0.3 is 0 Å². The van der Waals surface area contributed by atoms with Gasteiger partial charge in [0.25, 0.3) is 0 Å². The summed E-state index contributed by atoms with van der Waals surface area (Å²) in [6.07, 6.45) is 5.44. The van der Waals surface area contributed by atoms with E-state index in [2.05, 4.69) is 26.1 Å². The standard InChI is InChI=1S/C13H26N2O.ClH/c1-10(2)8-13(3,9-14)15-12(16)11-6-4-5-7-11;/h10-11H,4-9,14H2,1-3H3,(H,15,16);1H. The smallest absolute Gasteiger partial charge is 0.223 e. The quantitative estimate of drug-likeness (QED) is 0.800. The van der Waals surface area contributed by atoms with Crippen molar-refractivity contribution >= 4 is 18.3 Å². The van der Waals surface area contributed by atoms with E-state index in [0.29, 0.717) is 12.5 Å². The van der Waals surface area contributed by atoms with Crippen LogP contribution in [0.1, 0.15) is 52.9 Å². The maximum Gasteiger partial charge on any atom is 0.223 e. The highest BCUT2D eigenvalue weighted by Crippen LogP contribution is 2.26. The van der Waals surface area contributed by atoms with Gasteiger partial charge in [-0.15, -0.1) is 12.4 Å². The molecule has 1 rings (SSSR count). The van der Waals surface area contributed by atoms with Crippen molar-refractivity contribution in [2.75, 3.05) is 6.54 Å². The van der Waals surface area contributed by atoms with Crippen molar-refractivity contribution in [2.24, 2.45) is 17.6 Å². The summed E-state index contributed by atoms with van der Waals surface area (Å²) in [4.78, 5) is 12.0. The van der Waals surface area contributed by atoms with Crippen molar-refractivity contribution in [3.63, 3.8) is 0 Å². The third-order valence-electron chi connectivity index (χ3n) is 3.46. The van der Waals surface area contributed by atoms with Gasteiger partial charge in [0.15, 0.2) is 0 Å². The first-order valence-electron chi connectivity index (χ1n) is 6.49. The maximum absolute atomic E-state index is 12.0. The minimum atomic E-state index is -0.228. The van der Waals surface area contributed by atoms with Crippen LogP contribution in [0.3, 0.4) is 0 Å². The van der Waals surface area contributed by atoms with Crippen LogP contribution in [0.15, 0.2) is 0 Å². The van der Waals surface area contributed by atoms with E-state index in [1.165, 1.54) is 12.8 Å². The van der Waals surface area contributed by atoms with Crippen molar-refractivity contribution in [3.8, 4) is 0 Å². The Hall–Kier alpha value is -0.280. The number of rotatable bonds is 5. The van der Waals surface area contributed by atoms with E-state index >= 15 is 0 Å². The van der Waals surface area contributed by atoms with Crippen LogP contribution >= 0.6 is 12.4 Å².